The summed E-state index contributed by atoms with van der Waals surface area (Å²) in [5.74, 6) is 0.503. The van der Waals surface area contributed by atoms with Gasteiger partial charge >= 0.3 is 0 Å². The van der Waals surface area contributed by atoms with Crippen molar-refractivity contribution in [3.63, 3.8) is 0 Å². The maximum atomic E-state index is 6.01. The van der Waals surface area contributed by atoms with Crippen LogP contribution in [0.3, 0.4) is 0 Å². The Hall–Kier alpha value is -0.190. The zero-order valence-corrected chi connectivity index (χ0v) is 13.2. The zero-order chi connectivity index (χ0) is 14.3. The SMILES string of the molecule is CCOC(CCOc1cc(Cl)c(Cl)cc1Cl)OCC. The Morgan fingerprint density at radius 2 is 1.53 bits per heavy atom. The molecule has 0 aliphatic carbocycles. The summed E-state index contributed by atoms with van der Waals surface area (Å²) in [5, 5.41) is 1.24. The predicted octanol–water partition coefficient (Wildman–Crippen LogP) is 4.81. The molecule has 0 N–H and O–H groups in total. The normalized spacial score (nSPS) is 11.1. The van der Waals surface area contributed by atoms with Crippen LogP contribution in [0.15, 0.2) is 12.1 Å². The summed E-state index contributed by atoms with van der Waals surface area (Å²) >= 11 is 17.8. The first-order chi connectivity index (χ1) is 9.08. The lowest BCUT2D eigenvalue weighted by molar-refractivity contribution is -0.142. The van der Waals surface area contributed by atoms with Crippen molar-refractivity contribution < 1.29 is 14.2 Å². The average molecular weight is 328 g/mol. The third-order valence-electron chi connectivity index (χ3n) is 2.29. The minimum absolute atomic E-state index is 0.267. The third-order valence-corrected chi connectivity index (χ3v) is 3.31. The molecule has 6 heteroatoms. The minimum atomic E-state index is -0.267. The van der Waals surface area contributed by atoms with Crippen molar-refractivity contribution >= 4 is 34.8 Å². The number of rotatable bonds is 8. The first-order valence-corrected chi connectivity index (χ1v) is 7.22. The maximum absolute atomic E-state index is 6.01. The number of halogens is 3. The van der Waals surface area contributed by atoms with E-state index in [1.165, 1.54) is 0 Å². The van der Waals surface area contributed by atoms with Crippen molar-refractivity contribution in [3.05, 3.63) is 27.2 Å². The highest BCUT2D eigenvalue weighted by Gasteiger charge is 2.10. The van der Waals surface area contributed by atoms with E-state index in [2.05, 4.69) is 0 Å². The molecule has 0 spiro atoms. The highest BCUT2D eigenvalue weighted by Crippen LogP contribution is 2.33. The molecule has 0 atom stereocenters. The fourth-order valence-electron chi connectivity index (χ4n) is 1.47. The van der Waals surface area contributed by atoms with E-state index >= 15 is 0 Å². The summed E-state index contributed by atoms with van der Waals surface area (Å²) in [6, 6.07) is 3.16. The van der Waals surface area contributed by atoms with Gasteiger partial charge in [0.15, 0.2) is 6.29 Å². The van der Waals surface area contributed by atoms with Gasteiger partial charge in [-0.05, 0) is 19.9 Å². The third kappa shape index (κ3) is 5.76. The predicted molar refractivity (Wildman–Crippen MR) is 78.6 cm³/mol. The van der Waals surface area contributed by atoms with Crippen LogP contribution in [0.1, 0.15) is 20.3 Å². The molecular weight excluding hydrogens is 310 g/mol. The molecule has 1 rings (SSSR count). The maximum Gasteiger partial charge on any atom is 0.160 e. The molecular formula is C13H17Cl3O3. The lowest BCUT2D eigenvalue weighted by Crippen LogP contribution is -2.20. The van der Waals surface area contributed by atoms with Gasteiger partial charge in [0.05, 0.1) is 21.7 Å². The van der Waals surface area contributed by atoms with Gasteiger partial charge in [-0.3, -0.25) is 0 Å². The van der Waals surface area contributed by atoms with Crippen LogP contribution >= 0.6 is 34.8 Å². The van der Waals surface area contributed by atoms with Gasteiger partial charge in [0, 0.05) is 25.7 Å². The van der Waals surface area contributed by atoms with Gasteiger partial charge in [0.25, 0.3) is 0 Å². The Labute approximate surface area is 128 Å². The Morgan fingerprint density at radius 1 is 0.947 bits per heavy atom. The van der Waals surface area contributed by atoms with Gasteiger partial charge in [-0.2, -0.15) is 0 Å². The van der Waals surface area contributed by atoms with Crippen molar-refractivity contribution in [1.82, 2.24) is 0 Å². The molecule has 108 valence electrons. The van der Waals surface area contributed by atoms with Crippen molar-refractivity contribution in [3.8, 4) is 5.75 Å². The average Bonchev–Trinajstić information content (AvgIpc) is 2.36. The van der Waals surface area contributed by atoms with E-state index < -0.39 is 0 Å². The molecule has 0 bridgehead atoms. The molecule has 0 saturated heterocycles. The van der Waals surface area contributed by atoms with Crippen LogP contribution in [0.2, 0.25) is 15.1 Å². The van der Waals surface area contributed by atoms with Crippen LogP contribution in [-0.4, -0.2) is 26.1 Å². The summed E-state index contributed by atoms with van der Waals surface area (Å²) in [5.41, 5.74) is 0. The van der Waals surface area contributed by atoms with Crippen molar-refractivity contribution in [2.45, 2.75) is 26.6 Å². The highest BCUT2D eigenvalue weighted by molar-refractivity contribution is 6.43. The molecule has 0 amide bonds. The van der Waals surface area contributed by atoms with Crippen molar-refractivity contribution in [1.29, 1.82) is 0 Å². The molecule has 1 aromatic rings. The van der Waals surface area contributed by atoms with Gasteiger partial charge in [0.2, 0.25) is 0 Å². The standard InChI is InChI=1S/C13H17Cl3O3/c1-3-17-13(18-4-2)5-6-19-12-8-10(15)9(14)7-11(12)16/h7-8,13H,3-6H2,1-2H3. The molecule has 0 fully saturated rings. The van der Waals surface area contributed by atoms with Gasteiger partial charge in [-0.1, -0.05) is 34.8 Å². The zero-order valence-electron chi connectivity index (χ0n) is 10.9. The van der Waals surface area contributed by atoms with Gasteiger partial charge in [-0.15, -0.1) is 0 Å². The summed E-state index contributed by atoms with van der Waals surface area (Å²) in [6.07, 6.45) is 0.342. The van der Waals surface area contributed by atoms with Gasteiger partial charge in [0.1, 0.15) is 5.75 Å². The second-order valence-corrected chi connectivity index (χ2v) is 4.90. The molecule has 0 unspecified atom stereocenters. The van der Waals surface area contributed by atoms with E-state index in [0.717, 1.165) is 0 Å². The molecule has 3 nitrogen and oxygen atoms in total. The smallest absolute Gasteiger partial charge is 0.160 e. The number of hydrogen-bond donors (Lipinski definition) is 0. The monoisotopic (exact) mass is 326 g/mol. The minimum Gasteiger partial charge on any atom is -0.492 e. The molecule has 0 radical (unpaired) electrons. The van der Waals surface area contributed by atoms with Crippen LogP contribution in [0.4, 0.5) is 0 Å². The summed E-state index contributed by atoms with van der Waals surface area (Å²) in [7, 11) is 0. The van der Waals surface area contributed by atoms with E-state index in [9.17, 15) is 0 Å². The molecule has 0 heterocycles. The Balaban J connectivity index is 2.50. The Kier molecular flexibility index (Phi) is 7.88. The largest absolute Gasteiger partial charge is 0.492 e. The molecule has 0 saturated carbocycles. The lowest BCUT2D eigenvalue weighted by atomic mass is 10.3. The fraction of sp³-hybridized carbons (Fsp3) is 0.538. The Morgan fingerprint density at radius 3 is 2.11 bits per heavy atom. The molecule has 0 aliphatic heterocycles. The first-order valence-electron chi connectivity index (χ1n) is 6.09. The van der Waals surface area contributed by atoms with Crippen LogP contribution in [0.25, 0.3) is 0 Å². The summed E-state index contributed by atoms with van der Waals surface area (Å²) in [6.45, 7) is 5.45. The van der Waals surface area contributed by atoms with E-state index in [4.69, 9.17) is 49.0 Å². The van der Waals surface area contributed by atoms with Crippen molar-refractivity contribution in [2.75, 3.05) is 19.8 Å². The number of benzene rings is 1. The van der Waals surface area contributed by atoms with Crippen LogP contribution in [0, 0.1) is 0 Å². The Bertz CT molecular complexity index is 393. The highest BCUT2D eigenvalue weighted by atomic mass is 35.5. The van der Waals surface area contributed by atoms with Crippen LogP contribution < -0.4 is 4.74 Å². The van der Waals surface area contributed by atoms with E-state index in [0.29, 0.717) is 47.1 Å². The van der Waals surface area contributed by atoms with Crippen LogP contribution in [-0.2, 0) is 9.47 Å². The molecule has 0 aliphatic rings. The molecule has 1 aromatic carbocycles. The summed E-state index contributed by atoms with van der Waals surface area (Å²) < 4.78 is 16.4. The van der Waals surface area contributed by atoms with Crippen molar-refractivity contribution in [2.24, 2.45) is 0 Å². The molecule has 19 heavy (non-hydrogen) atoms. The quantitative estimate of drug-likeness (QED) is 0.506. The topological polar surface area (TPSA) is 27.7 Å². The fourth-order valence-corrected chi connectivity index (χ4v) is 2.06. The van der Waals surface area contributed by atoms with Crippen LogP contribution in [0.5, 0.6) is 5.75 Å². The second-order valence-electron chi connectivity index (χ2n) is 3.67. The lowest BCUT2D eigenvalue weighted by Gasteiger charge is -2.17. The first kappa shape index (κ1) is 16.9. The summed E-state index contributed by atoms with van der Waals surface area (Å²) in [4.78, 5) is 0. The number of hydrogen-bond acceptors (Lipinski definition) is 3. The van der Waals surface area contributed by atoms with Gasteiger partial charge < -0.3 is 14.2 Å². The molecule has 0 aromatic heterocycles. The van der Waals surface area contributed by atoms with Gasteiger partial charge in [-0.25, -0.2) is 0 Å². The van der Waals surface area contributed by atoms with E-state index in [1.54, 1.807) is 12.1 Å². The van der Waals surface area contributed by atoms with E-state index in [-0.39, 0.29) is 6.29 Å². The van der Waals surface area contributed by atoms with E-state index in [1.807, 2.05) is 13.8 Å². The second kappa shape index (κ2) is 8.88. The number of ether oxygens (including phenoxy) is 3.